The highest BCUT2D eigenvalue weighted by molar-refractivity contribution is 5.54. The molecule has 0 spiro atoms. The van der Waals surface area contributed by atoms with Gasteiger partial charge >= 0.3 is 0 Å². The largest absolute Gasteiger partial charge is 0.0912 e. The van der Waals surface area contributed by atoms with Gasteiger partial charge in [0.2, 0.25) is 0 Å². The number of rotatable bonds is 1. The van der Waals surface area contributed by atoms with Crippen LogP contribution >= 0.6 is 0 Å². The van der Waals surface area contributed by atoms with Gasteiger partial charge in [-0.2, -0.15) is 0 Å². The zero-order chi connectivity index (χ0) is 11.5. The molecule has 0 N–H and O–H groups in total. The third-order valence-corrected chi connectivity index (χ3v) is 2.80. The molecule has 0 atom stereocenters. The SMILES string of the molecule is C=c1cccc/c1=C/c1cc(C)ccc1C. The average Bonchev–Trinajstić information content (AvgIpc) is 2.27. The van der Waals surface area contributed by atoms with Gasteiger partial charge in [-0.15, -0.1) is 0 Å². The molecule has 0 aliphatic carbocycles. The lowest BCUT2D eigenvalue weighted by Gasteiger charge is -2.01. The van der Waals surface area contributed by atoms with Crippen molar-refractivity contribution in [1.82, 2.24) is 0 Å². The summed E-state index contributed by atoms with van der Waals surface area (Å²) >= 11 is 0. The van der Waals surface area contributed by atoms with Crippen molar-refractivity contribution in [3.63, 3.8) is 0 Å². The molecule has 0 radical (unpaired) electrons. The highest BCUT2D eigenvalue weighted by Gasteiger charge is 1.94. The minimum Gasteiger partial charge on any atom is -0.0912 e. The van der Waals surface area contributed by atoms with Crippen molar-refractivity contribution in [2.45, 2.75) is 13.8 Å². The monoisotopic (exact) mass is 208 g/mol. The Bertz CT molecular complexity index is 606. The molecule has 2 aromatic rings. The summed E-state index contributed by atoms with van der Waals surface area (Å²) in [5, 5.41) is 2.26. The number of benzene rings is 2. The van der Waals surface area contributed by atoms with Crippen LogP contribution in [-0.2, 0) is 0 Å². The lowest BCUT2D eigenvalue weighted by molar-refractivity contribution is 1.37. The minimum atomic E-state index is 1.07. The van der Waals surface area contributed by atoms with E-state index in [0.717, 1.165) is 5.22 Å². The molecule has 0 fully saturated rings. The maximum Gasteiger partial charge on any atom is -0.0184 e. The quantitative estimate of drug-likeness (QED) is 0.675. The molecule has 0 heterocycles. The average molecular weight is 208 g/mol. The van der Waals surface area contributed by atoms with Crippen LogP contribution in [0.5, 0.6) is 0 Å². The molecule has 0 amide bonds. The molecule has 0 saturated heterocycles. The van der Waals surface area contributed by atoms with Crippen LogP contribution in [0.4, 0.5) is 0 Å². The summed E-state index contributed by atoms with van der Waals surface area (Å²) in [5.41, 5.74) is 3.86. The van der Waals surface area contributed by atoms with Gasteiger partial charge in [-0.05, 0) is 41.5 Å². The maximum absolute atomic E-state index is 4.04. The molecule has 0 unspecified atom stereocenters. The van der Waals surface area contributed by atoms with Gasteiger partial charge in [0.15, 0.2) is 0 Å². The summed E-state index contributed by atoms with van der Waals surface area (Å²) in [6.07, 6.45) is 2.20. The van der Waals surface area contributed by atoms with E-state index in [2.05, 4.69) is 50.8 Å². The van der Waals surface area contributed by atoms with Crippen molar-refractivity contribution in [2.24, 2.45) is 0 Å². The molecule has 0 aliphatic rings. The lowest BCUT2D eigenvalue weighted by atomic mass is 10.0. The Morgan fingerprint density at radius 3 is 2.50 bits per heavy atom. The van der Waals surface area contributed by atoms with Crippen LogP contribution in [0.3, 0.4) is 0 Å². The Labute approximate surface area is 96.6 Å². The highest BCUT2D eigenvalue weighted by Crippen LogP contribution is 2.10. The highest BCUT2D eigenvalue weighted by atomic mass is 14.0. The van der Waals surface area contributed by atoms with Crippen LogP contribution in [-0.4, -0.2) is 0 Å². The summed E-state index contributed by atoms with van der Waals surface area (Å²) in [6, 6.07) is 14.7. The van der Waals surface area contributed by atoms with Crippen LogP contribution in [0.15, 0.2) is 42.5 Å². The van der Waals surface area contributed by atoms with Gasteiger partial charge in [0.25, 0.3) is 0 Å². The summed E-state index contributed by atoms with van der Waals surface area (Å²) < 4.78 is 0. The van der Waals surface area contributed by atoms with Crippen LogP contribution in [0, 0.1) is 13.8 Å². The topological polar surface area (TPSA) is 0 Å². The van der Waals surface area contributed by atoms with Gasteiger partial charge in [0.05, 0.1) is 0 Å². The Morgan fingerprint density at radius 1 is 1.00 bits per heavy atom. The van der Waals surface area contributed by atoms with E-state index < -0.39 is 0 Å². The molecular weight excluding hydrogens is 192 g/mol. The van der Waals surface area contributed by atoms with Gasteiger partial charge < -0.3 is 0 Å². The molecule has 0 aromatic heterocycles. The third kappa shape index (κ3) is 2.22. The number of hydrogen-bond acceptors (Lipinski definition) is 0. The molecule has 0 saturated carbocycles. The van der Waals surface area contributed by atoms with Crippen LogP contribution in [0.1, 0.15) is 16.7 Å². The van der Waals surface area contributed by atoms with E-state index in [1.807, 2.05) is 18.2 Å². The van der Waals surface area contributed by atoms with E-state index in [9.17, 15) is 0 Å². The van der Waals surface area contributed by atoms with Gasteiger partial charge in [0.1, 0.15) is 0 Å². The molecular formula is C16H16. The fourth-order valence-electron chi connectivity index (χ4n) is 1.76. The standard InChI is InChI=1S/C16H16/c1-12-8-9-14(3)16(10-12)11-15-7-5-4-6-13(15)2/h4-11H,2H2,1,3H3/b15-11-. The van der Waals surface area contributed by atoms with Crippen molar-refractivity contribution in [2.75, 3.05) is 0 Å². The minimum absolute atomic E-state index is 1.07. The Balaban J connectivity index is 2.64. The molecule has 0 aliphatic heterocycles. The molecule has 2 aromatic carbocycles. The first-order valence-electron chi connectivity index (χ1n) is 5.50. The van der Waals surface area contributed by atoms with Crippen molar-refractivity contribution in [3.05, 3.63) is 69.6 Å². The van der Waals surface area contributed by atoms with E-state index >= 15 is 0 Å². The summed E-state index contributed by atoms with van der Waals surface area (Å²) in [5.74, 6) is 0. The molecule has 0 bridgehead atoms. The van der Waals surface area contributed by atoms with Crippen LogP contribution < -0.4 is 10.4 Å². The maximum atomic E-state index is 4.04. The van der Waals surface area contributed by atoms with Crippen molar-refractivity contribution in [3.8, 4) is 0 Å². The predicted octanol–water partition coefficient (Wildman–Crippen LogP) is 2.54. The normalized spacial score (nSPS) is 11.8. The second kappa shape index (κ2) is 4.36. The number of hydrogen-bond donors (Lipinski definition) is 0. The summed E-state index contributed by atoms with van der Waals surface area (Å²) in [4.78, 5) is 0. The first-order chi connectivity index (χ1) is 7.66. The van der Waals surface area contributed by atoms with E-state index in [1.54, 1.807) is 0 Å². The summed E-state index contributed by atoms with van der Waals surface area (Å²) in [6.45, 7) is 8.29. The predicted molar refractivity (Wildman–Crippen MR) is 70.7 cm³/mol. The van der Waals surface area contributed by atoms with Gasteiger partial charge in [-0.1, -0.05) is 54.6 Å². The van der Waals surface area contributed by atoms with Gasteiger partial charge in [0, 0.05) is 0 Å². The van der Waals surface area contributed by atoms with E-state index in [1.165, 1.54) is 21.9 Å². The summed E-state index contributed by atoms with van der Waals surface area (Å²) in [7, 11) is 0. The first-order valence-corrected chi connectivity index (χ1v) is 5.50. The Kier molecular flexibility index (Phi) is 2.91. The molecule has 0 nitrogen and oxygen atoms in total. The molecule has 0 heteroatoms. The lowest BCUT2D eigenvalue weighted by Crippen LogP contribution is -2.21. The van der Waals surface area contributed by atoms with Gasteiger partial charge in [-0.3, -0.25) is 0 Å². The molecule has 2 rings (SSSR count). The van der Waals surface area contributed by atoms with Crippen LogP contribution in [0.25, 0.3) is 12.7 Å². The zero-order valence-corrected chi connectivity index (χ0v) is 9.83. The van der Waals surface area contributed by atoms with Crippen molar-refractivity contribution >= 4 is 12.7 Å². The first kappa shape index (κ1) is 10.7. The van der Waals surface area contributed by atoms with Crippen molar-refractivity contribution in [1.29, 1.82) is 0 Å². The molecule has 16 heavy (non-hydrogen) atoms. The van der Waals surface area contributed by atoms with E-state index in [-0.39, 0.29) is 0 Å². The zero-order valence-electron chi connectivity index (χ0n) is 9.83. The second-order valence-electron chi connectivity index (χ2n) is 4.20. The van der Waals surface area contributed by atoms with E-state index in [0.29, 0.717) is 0 Å². The fraction of sp³-hybridized carbons (Fsp3) is 0.125. The van der Waals surface area contributed by atoms with Gasteiger partial charge in [-0.25, -0.2) is 0 Å². The number of aryl methyl sites for hydroxylation is 2. The Hall–Kier alpha value is -1.82. The van der Waals surface area contributed by atoms with Crippen LogP contribution in [0.2, 0.25) is 0 Å². The van der Waals surface area contributed by atoms with E-state index in [4.69, 9.17) is 0 Å². The fourth-order valence-corrected chi connectivity index (χ4v) is 1.76. The molecule has 80 valence electrons. The Morgan fingerprint density at radius 2 is 1.75 bits per heavy atom. The second-order valence-corrected chi connectivity index (χ2v) is 4.20. The van der Waals surface area contributed by atoms with Crippen molar-refractivity contribution < 1.29 is 0 Å². The smallest absolute Gasteiger partial charge is 0.0184 e. The third-order valence-electron chi connectivity index (χ3n) is 2.80.